The van der Waals surface area contributed by atoms with Crippen LogP contribution >= 0.6 is 0 Å². The van der Waals surface area contributed by atoms with Gasteiger partial charge in [0.1, 0.15) is 0 Å². The van der Waals surface area contributed by atoms with E-state index in [-0.39, 0.29) is 5.97 Å². The number of ether oxygens (including phenoxy) is 2. The predicted molar refractivity (Wildman–Crippen MR) is 80.1 cm³/mol. The fourth-order valence-electron chi connectivity index (χ4n) is 2.73. The monoisotopic (exact) mass is 282 g/mol. The number of methoxy groups -OCH3 is 1. The van der Waals surface area contributed by atoms with Gasteiger partial charge in [-0.3, -0.25) is 0 Å². The molecule has 108 valence electrons. The molecular weight excluding hydrogens is 264 g/mol. The molecule has 0 saturated heterocycles. The van der Waals surface area contributed by atoms with Gasteiger partial charge in [0.25, 0.3) is 0 Å². The van der Waals surface area contributed by atoms with Gasteiger partial charge in [-0.05, 0) is 41.2 Å². The summed E-state index contributed by atoms with van der Waals surface area (Å²) in [4.78, 5) is 11.9. The van der Waals surface area contributed by atoms with Crippen molar-refractivity contribution in [1.29, 1.82) is 0 Å². The molecule has 0 amide bonds. The van der Waals surface area contributed by atoms with Gasteiger partial charge in [0.05, 0.1) is 25.9 Å². The van der Waals surface area contributed by atoms with E-state index in [0.717, 1.165) is 29.5 Å². The van der Waals surface area contributed by atoms with Crippen molar-refractivity contribution in [2.24, 2.45) is 0 Å². The molecule has 2 aromatic rings. The molecule has 3 nitrogen and oxygen atoms in total. The number of carbonyl (C=O) groups excluding carboxylic acids is 1. The highest BCUT2D eigenvalue weighted by Gasteiger charge is 2.21. The Bertz CT molecular complexity index is 647. The van der Waals surface area contributed by atoms with Gasteiger partial charge in [0, 0.05) is 0 Å². The predicted octanol–water partition coefficient (Wildman–Crippen LogP) is 3.29. The first-order valence-electron chi connectivity index (χ1n) is 7.12. The number of benzene rings is 2. The SMILES string of the molecule is COC(=O)c1cc(CCc2ccccc2)cc2c1COC2. The summed E-state index contributed by atoms with van der Waals surface area (Å²) >= 11 is 0. The Morgan fingerprint density at radius 3 is 2.62 bits per heavy atom. The molecule has 0 saturated carbocycles. The minimum absolute atomic E-state index is 0.279. The number of fused-ring (bicyclic) bond motifs is 1. The lowest BCUT2D eigenvalue weighted by Gasteiger charge is -2.09. The first-order chi connectivity index (χ1) is 10.3. The van der Waals surface area contributed by atoms with E-state index in [1.165, 1.54) is 12.7 Å². The zero-order valence-electron chi connectivity index (χ0n) is 12.1. The van der Waals surface area contributed by atoms with Gasteiger partial charge in [-0.15, -0.1) is 0 Å². The molecule has 0 atom stereocenters. The second-order valence-electron chi connectivity index (χ2n) is 5.25. The average Bonchev–Trinajstić information content (AvgIpc) is 3.00. The summed E-state index contributed by atoms with van der Waals surface area (Å²) in [6, 6.07) is 14.5. The smallest absolute Gasteiger partial charge is 0.338 e. The molecule has 0 aromatic heterocycles. The molecule has 0 bridgehead atoms. The molecule has 0 fully saturated rings. The van der Waals surface area contributed by atoms with Crippen LogP contribution in [0.4, 0.5) is 0 Å². The Morgan fingerprint density at radius 1 is 1.10 bits per heavy atom. The molecule has 3 heteroatoms. The van der Waals surface area contributed by atoms with Crippen LogP contribution in [0.15, 0.2) is 42.5 Å². The van der Waals surface area contributed by atoms with Gasteiger partial charge in [-0.2, -0.15) is 0 Å². The van der Waals surface area contributed by atoms with Crippen molar-refractivity contribution in [1.82, 2.24) is 0 Å². The van der Waals surface area contributed by atoms with E-state index in [4.69, 9.17) is 9.47 Å². The Hall–Kier alpha value is -2.13. The van der Waals surface area contributed by atoms with Crippen LogP contribution in [0, 0.1) is 0 Å². The molecule has 0 unspecified atom stereocenters. The van der Waals surface area contributed by atoms with Crippen LogP contribution in [0.5, 0.6) is 0 Å². The molecule has 0 spiro atoms. The highest BCUT2D eigenvalue weighted by molar-refractivity contribution is 5.91. The summed E-state index contributed by atoms with van der Waals surface area (Å²) in [5.41, 5.74) is 5.19. The fourth-order valence-corrected chi connectivity index (χ4v) is 2.73. The number of hydrogen-bond donors (Lipinski definition) is 0. The molecule has 0 aliphatic carbocycles. The third-order valence-corrected chi connectivity index (χ3v) is 3.86. The van der Waals surface area contributed by atoms with E-state index in [9.17, 15) is 4.79 Å². The highest BCUT2D eigenvalue weighted by atomic mass is 16.5. The molecule has 0 radical (unpaired) electrons. The fraction of sp³-hybridized carbons (Fsp3) is 0.278. The number of aryl methyl sites for hydroxylation is 2. The van der Waals surface area contributed by atoms with Gasteiger partial charge in [-0.25, -0.2) is 4.79 Å². The van der Waals surface area contributed by atoms with Crippen LogP contribution in [0.1, 0.15) is 32.6 Å². The zero-order valence-corrected chi connectivity index (χ0v) is 12.1. The third kappa shape index (κ3) is 2.98. The molecule has 1 aliphatic rings. The van der Waals surface area contributed by atoms with Crippen molar-refractivity contribution in [3.8, 4) is 0 Å². The van der Waals surface area contributed by atoms with Crippen LogP contribution in [0.2, 0.25) is 0 Å². The lowest BCUT2D eigenvalue weighted by Crippen LogP contribution is -2.07. The topological polar surface area (TPSA) is 35.5 Å². The standard InChI is InChI=1S/C18H18O3/c1-20-18(19)16-10-14(9-15-11-21-12-17(15)16)8-7-13-5-3-2-4-6-13/h2-6,9-10H,7-8,11-12H2,1H3. The van der Waals surface area contributed by atoms with Gasteiger partial charge in [0.15, 0.2) is 0 Å². The largest absolute Gasteiger partial charge is 0.465 e. The van der Waals surface area contributed by atoms with Gasteiger partial charge in [-0.1, -0.05) is 36.4 Å². The summed E-state index contributed by atoms with van der Waals surface area (Å²) in [6.45, 7) is 1.08. The average molecular weight is 282 g/mol. The molecule has 3 rings (SSSR count). The van der Waals surface area contributed by atoms with Crippen molar-refractivity contribution in [2.75, 3.05) is 7.11 Å². The van der Waals surface area contributed by atoms with Gasteiger partial charge >= 0.3 is 5.97 Å². The van der Waals surface area contributed by atoms with Crippen molar-refractivity contribution < 1.29 is 14.3 Å². The Balaban J connectivity index is 1.84. The van der Waals surface area contributed by atoms with Gasteiger partial charge < -0.3 is 9.47 Å². The van der Waals surface area contributed by atoms with E-state index >= 15 is 0 Å². The maximum atomic E-state index is 11.9. The van der Waals surface area contributed by atoms with Crippen LogP contribution in [0.3, 0.4) is 0 Å². The summed E-state index contributed by atoms with van der Waals surface area (Å²) in [7, 11) is 1.42. The second kappa shape index (κ2) is 6.10. The Morgan fingerprint density at radius 2 is 1.86 bits per heavy atom. The van der Waals surface area contributed by atoms with E-state index in [1.807, 2.05) is 24.3 Å². The summed E-state index contributed by atoms with van der Waals surface area (Å²) in [5, 5.41) is 0. The second-order valence-corrected chi connectivity index (χ2v) is 5.25. The Kier molecular flexibility index (Phi) is 4.02. The maximum absolute atomic E-state index is 11.9. The van der Waals surface area contributed by atoms with E-state index in [2.05, 4.69) is 18.2 Å². The number of carbonyl (C=O) groups is 1. The quantitative estimate of drug-likeness (QED) is 0.807. The molecule has 1 heterocycles. The highest BCUT2D eigenvalue weighted by Crippen LogP contribution is 2.26. The van der Waals surface area contributed by atoms with Crippen molar-refractivity contribution in [3.05, 3.63) is 70.3 Å². The minimum Gasteiger partial charge on any atom is -0.465 e. The number of esters is 1. The molecule has 0 N–H and O–H groups in total. The number of rotatable bonds is 4. The zero-order chi connectivity index (χ0) is 14.7. The van der Waals surface area contributed by atoms with E-state index in [0.29, 0.717) is 18.8 Å². The van der Waals surface area contributed by atoms with Crippen molar-refractivity contribution in [3.63, 3.8) is 0 Å². The van der Waals surface area contributed by atoms with Crippen LogP contribution in [-0.2, 0) is 35.5 Å². The third-order valence-electron chi connectivity index (χ3n) is 3.86. The normalized spacial score (nSPS) is 13.0. The first kappa shape index (κ1) is 13.8. The van der Waals surface area contributed by atoms with E-state index < -0.39 is 0 Å². The Labute approximate surface area is 124 Å². The summed E-state index contributed by atoms with van der Waals surface area (Å²) in [6.07, 6.45) is 1.86. The molecule has 2 aromatic carbocycles. The van der Waals surface area contributed by atoms with Crippen LogP contribution in [0.25, 0.3) is 0 Å². The molecule has 21 heavy (non-hydrogen) atoms. The van der Waals surface area contributed by atoms with Crippen LogP contribution in [-0.4, -0.2) is 13.1 Å². The van der Waals surface area contributed by atoms with Crippen molar-refractivity contribution >= 4 is 5.97 Å². The summed E-state index contributed by atoms with van der Waals surface area (Å²) in [5.74, 6) is -0.279. The number of hydrogen-bond acceptors (Lipinski definition) is 3. The van der Waals surface area contributed by atoms with E-state index in [1.54, 1.807) is 0 Å². The van der Waals surface area contributed by atoms with Gasteiger partial charge in [0.2, 0.25) is 0 Å². The lowest BCUT2D eigenvalue weighted by atomic mass is 9.96. The van der Waals surface area contributed by atoms with Crippen LogP contribution < -0.4 is 0 Å². The van der Waals surface area contributed by atoms with Crippen molar-refractivity contribution in [2.45, 2.75) is 26.1 Å². The lowest BCUT2D eigenvalue weighted by molar-refractivity contribution is 0.0596. The first-order valence-corrected chi connectivity index (χ1v) is 7.12. The molecule has 1 aliphatic heterocycles. The summed E-state index contributed by atoms with van der Waals surface area (Å²) < 4.78 is 10.3. The maximum Gasteiger partial charge on any atom is 0.338 e. The minimum atomic E-state index is -0.279. The molecular formula is C18H18O3.